The number of halogens is 2. The second kappa shape index (κ2) is 4.35. The zero-order valence-corrected chi connectivity index (χ0v) is 8.55. The molecule has 1 aromatic rings. The minimum atomic E-state index is -1.12. The Hall–Kier alpha value is -1.49. The third kappa shape index (κ3) is 2.12. The van der Waals surface area contributed by atoms with Crippen LogP contribution in [0.1, 0.15) is 15.9 Å². The maximum Gasteiger partial charge on any atom is 0.308 e. The molecule has 0 heterocycles. The summed E-state index contributed by atoms with van der Waals surface area (Å²) in [5.41, 5.74) is -0.850. The molecule has 0 spiro atoms. The molecule has 0 saturated carbocycles. The average molecular weight is 232 g/mol. The van der Waals surface area contributed by atoms with Crippen LogP contribution in [-0.4, -0.2) is 16.6 Å². The minimum Gasteiger partial charge on any atom is -0.293 e. The summed E-state index contributed by atoms with van der Waals surface area (Å²) < 4.78 is 13.5. The lowest BCUT2D eigenvalue weighted by atomic mass is 10.1. The van der Waals surface area contributed by atoms with Crippen LogP contribution in [0.2, 0.25) is 0 Å². The summed E-state index contributed by atoms with van der Waals surface area (Å²) in [5.74, 6) is -2.19. The molecule has 0 N–H and O–H groups in total. The second-order valence-corrected chi connectivity index (χ2v) is 3.17. The molecule has 0 saturated heterocycles. The Morgan fingerprint density at radius 3 is 2.67 bits per heavy atom. The molecule has 0 atom stereocenters. The molecule has 1 rings (SSSR count). The van der Waals surface area contributed by atoms with Crippen LogP contribution in [0.4, 0.5) is 10.1 Å². The normalized spacial score (nSPS) is 10.1. The van der Waals surface area contributed by atoms with Crippen LogP contribution in [0, 0.1) is 22.9 Å². The fourth-order valence-corrected chi connectivity index (χ4v) is 1.32. The SMILES string of the molecule is Cc1ccc(C(=O)CCl)c(F)c1[N+](=O)[O-]. The summed E-state index contributed by atoms with van der Waals surface area (Å²) >= 11 is 5.24. The van der Waals surface area contributed by atoms with Crippen LogP contribution in [0.5, 0.6) is 0 Å². The number of nitrogens with zero attached hydrogens (tertiary/aromatic N) is 1. The Labute approximate surface area is 89.8 Å². The highest BCUT2D eigenvalue weighted by molar-refractivity contribution is 6.30. The van der Waals surface area contributed by atoms with Gasteiger partial charge in [0.1, 0.15) is 0 Å². The number of rotatable bonds is 3. The van der Waals surface area contributed by atoms with Gasteiger partial charge in [-0.25, -0.2) is 0 Å². The quantitative estimate of drug-likeness (QED) is 0.347. The molecule has 6 heteroatoms. The van der Waals surface area contributed by atoms with E-state index in [1.54, 1.807) is 0 Å². The van der Waals surface area contributed by atoms with Gasteiger partial charge in [-0.05, 0) is 13.0 Å². The first-order chi connectivity index (χ1) is 6.99. The molecule has 0 unspecified atom stereocenters. The van der Waals surface area contributed by atoms with Crippen molar-refractivity contribution in [3.8, 4) is 0 Å². The Morgan fingerprint density at radius 2 is 2.20 bits per heavy atom. The highest BCUT2D eigenvalue weighted by Crippen LogP contribution is 2.25. The van der Waals surface area contributed by atoms with Crippen LogP contribution in [-0.2, 0) is 0 Å². The van der Waals surface area contributed by atoms with E-state index in [1.807, 2.05) is 0 Å². The summed E-state index contributed by atoms with van der Waals surface area (Å²) in [7, 11) is 0. The summed E-state index contributed by atoms with van der Waals surface area (Å²) in [6, 6.07) is 2.52. The summed E-state index contributed by atoms with van der Waals surface area (Å²) in [4.78, 5) is 20.8. The number of hydrogen-bond donors (Lipinski definition) is 0. The number of carbonyl (C=O) groups excluding carboxylic acids is 1. The van der Waals surface area contributed by atoms with Crippen LogP contribution >= 0.6 is 11.6 Å². The number of benzene rings is 1. The number of ketones is 1. The molecular weight excluding hydrogens is 225 g/mol. The molecule has 0 aromatic heterocycles. The van der Waals surface area contributed by atoms with Gasteiger partial charge < -0.3 is 0 Å². The first-order valence-electron chi connectivity index (χ1n) is 4.01. The monoisotopic (exact) mass is 231 g/mol. The third-order valence-corrected chi connectivity index (χ3v) is 2.16. The largest absolute Gasteiger partial charge is 0.308 e. The minimum absolute atomic E-state index is 0.170. The Morgan fingerprint density at radius 1 is 1.60 bits per heavy atom. The van der Waals surface area contributed by atoms with Gasteiger partial charge in [-0.3, -0.25) is 14.9 Å². The molecule has 0 aliphatic heterocycles. The van der Waals surface area contributed by atoms with Crippen molar-refractivity contribution in [3.63, 3.8) is 0 Å². The lowest BCUT2D eigenvalue weighted by Crippen LogP contribution is -2.07. The van der Waals surface area contributed by atoms with Crippen LogP contribution in [0.15, 0.2) is 12.1 Å². The van der Waals surface area contributed by atoms with Crippen LogP contribution < -0.4 is 0 Å². The van der Waals surface area contributed by atoms with Gasteiger partial charge in [-0.2, -0.15) is 4.39 Å². The maximum atomic E-state index is 13.5. The zero-order valence-electron chi connectivity index (χ0n) is 7.79. The molecule has 15 heavy (non-hydrogen) atoms. The summed E-state index contributed by atoms with van der Waals surface area (Å²) in [6.45, 7) is 1.40. The number of carbonyl (C=O) groups is 1. The topological polar surface area (TPSA) is 60.2 Å². The van der Waals surface area contributed by atoms with Crippen molar-refractivity contribution in [2.75, 3.05) is 5.88 Å². The van der Waals surface area contributed by atoms with E-state index in [0.717, 1.165) is 0 Å². The van der Waals surface area contributed by atoms with Crippen molar-refractivity contribution in [2.45, 2.75) is 6.92 Å². The van der Waals surface area contributed by atoms with E-state index in [9.17, 15) is 19.3 Å². The van der Waals surface area contributed by atoms with E-state index in [4.69, 9.17) is 11.6 Å². The van der Waals surface area contributed by atoms with Crippen molar-refractivity contribution in [3.05, 3.63) is 39.2 Å². The smallest absolute Gasteiger partial charge is 0.293 e. The Balaban J connectivity index is 3.41. The predicted molar refractivity (Wildman–Crippen MR) is 52.8 cm³/mol. The summed E-state index contributed by atoms with van der Waals surface area (Å²) in [5, 5.41) is 10.5. The van der Waals surface area contributed by atoms with E-state index < -0.39 is 28.1 Å². The van der Waals surface area contributed by atoms with Crippen LogP contribution in [0.25, 0.3) is 0 Å². The highest BCUT2D eigenvalue weighted by Gasteiger charge is 2.23. The van der Waals surface area contributed by atoms with Gasteiger partial charge >= 0.3 is 5.69 Å². The summed E-state index contributed by atoms with van der Waals surface area (Å²) in [6.07, 6.45) is 0. The third-order valence-electron chi connectivity index (χ3n) is 1.92. The molecule has 4 nitrogen and oxygen atoms in total. The zero-order chi connectivity index (χ0) is 11.6. The van der Waals surface area contributed by atoms with Gasteiger partial charge in [-0.1, -0.05) is 6.07 Å². The fourth-order valence-electron chi connectivity index (χ4n) is 1.17. The van der Waals surface area contributed by atoms with Crippen LogP contribution in [0.3, 0.4) is 0 Å². The molecule has 0 amide bonds. The number of alkyl halides is 1. The van der Waals surface area contributed by atoms with E-state index in [2.05, 4.69) is 0 Å². The number of nitro groups is 1. The number of Topliss-reactive ketones (excluding diaryl/α,β-unsaturated/α-hetero) is 1. The standard InChI is InChI=1S/C9H7ClFNO3/c1-5-2-3-6(7(13)4-10)8(11)9(5)12(14)15/h2-3H,4H2,1H3. The first kappa shape index (κ1) is 11.6. The second-order valence-electron chi connectivity index (χ2n) is 2.91. The molecule has 80 valence electrons. The molecule has 0 radical (unpaired) electrons. The molecule has 0 aliphatic carbocycles. The van der Waals surface area contributed by atoms with Crippen molar-refractivity contribution >= 4 is 23.1 Å². The van der Waals surface area contributed by atoms with E-state index in [-0.39, 0.29) is 11.1 Å². The first-order valence-corrected chi connectivity index (χ1v) is 4.55. The number of aryl methyl sites for hydroxylation is 1. The molecule has 0 bridgehead atoms. The molecule has 0 aliphatic rings. The van der Waals surface area contributed by atoms with Gasteiger partial charge in [0.05, 0.1) is 16.4 Å². The number of hydrogen-bond acceptors (Lipinski definition) is 3. The van der Waals surface area contributed by atoms with Crippen molar-refractivity contribution in [1.82, 2.24) is 0 Å². The van der Waals surface area contributed by atoms with Gasteiger partial charge in [0.2, 0.25) is 5.82 Å². The molecule has 1 aromatic carbocycles. The lowest BCUT2D eigenvalue weighted by Gasteiger charge is -2.02. The van der Waals surface area contributed by atoms with Crippen molar-refractivity contribution < 1.29 is 14.1 Å². The van der Waals surface area contributed by atoms with E-state index in [0.29, 0.717) is 0 Å². The van der Waals surface area contributed by atoms with Gasteiger partial charge in [0.15, 0.2) is 5.78 Å². The maximum absolute atomic E-state index is 13.5. The van der Waals surface area contributed by atoms with Gasteiger partial charge in [0, 0.05) is 5.56 Å². The van der Waals surface area contributed by atoms with E-state index >= 15 is 0 Å². The molecule has 0 fully saturated rings. The molecular formula is C9H7ClFNO3. The Kier molecular flexibility index (Phi) is 3.36. The fraction of sp³-hybridized carbons (Fsp3) is 0.222. The lowest BCUT2D eigenvalue weighted by molar-refractivity contribution is -0.388. The number of nitro benzene ring substituents is 1. The highest BCUT2D eigenvalue weighted by atomic mass is 35.5. The van der Waals surface area contributed by atoms with Gasteiger partial charge in [0.25, 0.3) is 0 Å². The predicted octanol–water partition coefficient (Wildman–Crippen LogP) is 2.46. The van der Waals surface area contributed by atoms with E-state index in [1.165, 1.54) is 19.1 Å². The average Bonchev–Trinajstić information content (AvgIpc) is 2.16. The Bertz CT molecular complexity index is 434. The van der Waals surface area contributed by atoms with Gasteiger partial charge in [-0.15, -0.1) is 11.6 Å². The van der Waals surface area contributed by atoms with Crippen molar-refractivity contribution in [2.24, 2.45) is 0 Å². The van der Waals surface area contributed by atoms with Crippen molar-refractivity contribution in [1.29, 1.82) is 0 Å².